The summed E-state index contributed by atoms with van der Waals surface area (Å²) in [5.74, 6) is 2.64. The monoisotopic (exact) mass is 374 g/mol. The van der Waals surface area contributed by atoms with Gasteiger partial charge in [-0.25, -0.2) is 0 Å². The number of nitrogens with zero attached hydrogens (tertiary/aromatic N) is 2. The molecule has 4 heteroatoms. The van der Waals surface area contributed by atoms with Gasteiger partial charge in [0.05, 0.1) is 5.56 Å². The second-order valence-electron chi connectivity index (χ2n) is 9.14. The summed E-state index contributed by atoms with van der Waals surface area (Å²) in [5.41, 5.74) is 2.41. The molecule has 3 nitrogen and oxygen atoms in total. The Hall–Kier alpha value is -0.870. The maximum Gasteiger partial charge on any atom is 0.254 e. The Balaban J connectivity index is 1.38. The van der Waals surface area contributed by atoms with Gasteiger partial charge in [-0.1, -0.05) is 13.8 Å². The van der Waals surface area contributed by atoms with Gasteiger partial charge in [0, 0.05) is 29.9 Å². The molecule has 1 aromatic heterocycles. The van der Waals surface area contributed by atoms with Crippen LogP contribution in [0, 0.1) is 17.8 Å². The van der Waals surface area contributed by atoms with E-state index in [1.165, 1.54) is 68.6 Å². The molecule has 0 radical (unpaired) electrons. The van der Waals surface area contributed by atoms with Gasteiger partial charge in [0.15, 0.2) is 0 Å². The Morgan fingerprint density at radius 1 is 1.12 bits per heavy atom. The Morgan fingerprint density at radius 3 is 2.73 bits per heavy atom. The second kappa shape index (κ2) is 8.02. The van der Waals surface area contributed by atoms with E-state index in [0.29, 0.717) is 11.8 Å². The number of amides is 1. The van der Waals surface area contributed by atoms with Crippen molar-refractivity contribution in [3.8, 4) is 0 Å². The number of hydrogen-bond acceptors (Lipinski definition) is 3. The predicted molar refractivity (Wildman–Crippen MR) is 109 cm³/mol. The van der Waals surface area contributed by atoms with Crippen LogP contribution in [-0.2, 0) is 12.8 Å². The molecule has 2 fully saturated rings. The second-order valence-corrected chi connectivity index (χ2v) is 10.1. The van der Waals surface area contributed by atoms with Crippen molar-refractivity contribution in [2.75, 3.05) is 32.7 Å². The Bertz CT molecular complexity index is 632. The zero-order valence-electron chi connectivity index (χ0n) is 16.5. The molecule has 2 saturated heterocycles. The number of rotatable bonds is 3. The van der Waals surface area contributed by atoms with Gasteiger partial charge in [-0.3, -0.25) is 4.79 Å². The number of hydrogen-bond donors (Lipinski definition) is 0. The van der Waals surface area contributed by atoms with Crippen molar-refractivity contribution in [3.63, 3.8) is 0 Å². The van der Waals surface area contributed by atoms with Crippen molar-refractivity contribution in [2.45, 2.75) is 58.8 Å². The molecule has 26 heavy (non-hydrogen) atoms. The molecule has 0 spiro atoms. The normalized spacial score (nSPS) is 28.2. The highest BCUT2D eigenvalue weighted by Crippen LogP contribution is 2.34. The van der Waals surface area contributed by atoms with Crippen molar-refractivity contribution in [3.05, 3.63) is 21.4 Å². The van der Waals surface area contributed by atoms with E-state index in [9.17, 15) is 4.79 Å². The van der Waals surface area contributed by atoms with Crippen molar-refractivity contribution in [1.29, 1.82) is 0 Å². The van der Waals surface area contributed by atoms with E-state index in [1.54, 1.807) is 0 Å². The third kappa shape index (κ3) is 4.01. The summed E-state index contributed by atoms with van der Waals surface area (Å²) in [6.07, 6.45) is 8.65. The molecule has 4 rings (SSSR count). The molecule has 0 aromatic carbocycles. The third-order valence-electron chi connectivity index (χ3n) is 6.83. The lowest BCUT2D eigenvalue weighted by molar-refractivity contribution is 0.0621. The van der Waals surface area contributed by atoms with E-state index >= 15 is 0 Å². The zero-order chi connectivity index (χ0) is 18.1. The van der Waals surface area contributed by atoms with E-state index < -0.39 is 0 Å². The minimum absolute atomic E-state index is 0.314. The van der Waals surface area contributed by atoms with Crippen molar-refractivity contribution in [1.82, 2.24) is 9.80 Å². The molecular formula is C22H34N2OS. The first-order chi connectivity index (χ1) is 12.6. The minimum atomic E-state index is 0.314. The van der Waals surface area contributed by atoms with Crippen LogP contribution in [0.3, 0.4) is 0 Å². The van der Waals surface area contributed by atoms with Crippen LogP contribution in [0.15, 0.2) is 5.38 Å². The largest absolute Gasteiger partial charge is 0.338 e. The van der Waals surface area contributed by atoms with Crippen molar-refractivity contribution < 1.29 is 4.79 Å². The van der Waals surface area contributed by atoms with Crippen LogP contribution in [0.2, 0.25) is 0 Å². The van der Waals surface area contributed by atoms with Gasteiger partial charge < -0.3 is 9.80 Å². The standard InChI is InChI=1S/C22H34N2OS/c1-16-7-10-23(11-8-16)13-18-4-3-9-24(14-18)22(25)20-15-26-21-12-17(2)5-6-19(20)21/h15-18H,3-14H2,1-2H3. The molecule has 0 N–H and O–H groups in total. The summed E-state index contributed by atoms with van der Waals surface area (Å²) >= 11 is 1.82. The Labute approximate surface area is 162 Å². The number of fused-ring (bicyclic) bond motifs is 1. The van der Waals surface area contributed by atoms with Gasteiger partial charge in [-0.05, 0) is 81.4 Å². The zero-order valence-corrected chi connectivity index (χ0v) is 17.3. The number of likely N-dealkylation sites (tertiary alicyclic amines) is 2. The Kier molecular flexibility index (Phi) is 5.70. The average Bonchev–Trinajstić information content (AvgIpc) is 3.06. The summed E-state index contributed by atoms with van der Waals surface area (Å²) in [4.78, 5) is 19.5. The maximum atomic E-state index is 13.2. The number of thiophene rings is 1. The van der Waals surface area contributed by atoms with E-state index in [1.807, 2.05) is 11.3 Å². The lowest BCUT2D eigenvalue weighted by Crippen LogP contribution is -2.45. The van der Waals surface area contributed by atoms with Gasteiger partial charge >= 0.3 is 0 Å². The fourth-order valence-corrected chi connectivity index (χ4v) is 6.27. The summed E-state index contributed by atoms with van der Waals surface area (Å²) in [6, 6.07) is 0. The van der Waals surface area contributed by atoms with Gasteiger partial charge in [0.25, 0.3) is 5.91 Å². The molecule has 2 atom stereocenters. The quantitative estimate of drug-likeness (QED) is 0.780. The molecule has 1 aromatic rings. The molecule has 0 bridgehead atoms. The molecule has 144 valence electrons. The van der Waals surface area contributed by atoms with Crippen LogP contribution >= 0.6 is 11.3 Å². The highest BCUT2D eigenvalue weighted by molar-refractivity contribution is 7.10. The SMILES string of the molecule is CC1CCN(CC2CCCN(C(=O)c3csc4c3CCC(C)C4)C2)CC1. The smallest absolute Gasteiger partial charge is 0.254 e. The van der Waals surface area contributed by atoms with E-state index in [-0.39, 0.29) is 0 Å². The molecule has 2 unspecified atom stereocenters. The van der Waals surface area contributed by atoms with Crippen molar-refractivity contribution in [2.24, 2.45) is 17.8 Å². The third-order valence-corrected chi connectivity index (χ3v) is 7.88. The summed E-state index contributed by atoms with van der Waals surface area (Å²) in [7, 11) is 0. The topological polar surface area (TPSA) is 23.6 Å². The molecule has 0 saturated carbocycles. The van der Waals surface area contributed by atoms with Gasteiger partial charge in [-0.2, -0.15) is 0 Å². The van der Waals surface area contributed by atoms with Crippen molar-refractivity contribution >= 4 is 17.2 Å². The van der Waals surface area contributed by atoms with Crippen LogP contribution in [0.25, 0.3) is 0 Å². The minimum Gasteiger partial charge on any atom is -0.338 e. The van der Waals surface area contributed by atoms with Crippen LogP contribution in [0.5, 0.6) is 0 Å². The van der Waals surface area contributed by atoms with Crippen LogP contribution in [-0.4, -0.2) is 48.4 Å². The van der Waals surface area contributed by atoms with Crippen LogP contribution in [0.4, 0.5) is 0 Å². The number of carbonyl (C=O) groups excluding carboxylic acids is 1. The van der Waals surface area contributed by atoms with Gasteiger partial charge in [0.2, 0.25) is 0 Å². The maximum absolute atomic E-state index is 13.2. The summed E-state index contributed by atoms with van der Waals surface area (Å²) < 4.78 is 0. The highest BCUT2D eigenvalue weighted by Gasteiger charge is 2.30. The molecule has 1 amide bonds. The lowest BCUT2D eigenvalue weighted by atomic mass is 9.88. The predicted octanol–water partition coefficient (Wildman–Crippen LogP) is 4.46. The first-order valence-corrected chi connectivity index (χ1v) is 11.6. The molecule has 3 heterocycles. The van der Waals surface area contributed by atoms with E-state index in [2.05, 4.69) is 29.0 Å². The van der Waals surface area contributed by atoms with E-state index in [0.717, 1.165) is 36.9 Å². The lowest BCUT2D eigenvalue weighted by Gasteiger charge is -2.38. The number of piperidine rings is 2. The molecular weight excluding hydrogens is 340 g/mol. The molecule has 3 aliphatic rings. The molecule has 2 aliphatic heterocycles. The fourth-order valence-electron chi connectivity index (χ4n) is 5.04. The van der Waals surface area contributed by atoms with Crippen LogP contribution in [0.1, 0.15) is 66.8 Å². The highest BCUT2D eigenvalue weighted by atomic mass is 32.1. The summed E-state index contributed by atoms with van der Waals surface area (Å²) in [5, 5.41) is 2.15. The fraction of sp³-hybridized carbons (Fsp3) is 0.773. The first kappa shape index (κ1) is 18.5. The Morgan fingerprint density at radius 2 is 1.92 bits per heavy atom. The first-order valence-electron chi connectivity index (χ1n) is 10.7. The summed E-state index contributed by atoms with van der Waals surface area (Å²) in [6.45, 7) is 10.3. The average molecular weight is 375 g/mol. The molecule has 1 aliphatic carbocycles. The van der Waals surface area contributed by atoms with Gasteiger partial charge in [-0.15, -0.1) is 11.3 Å². The van der Waals surface area contributed by atoms with Gasteiger partial charge in [0.1, 0.15) is 0 Å². The van der Waals surface area contributed by atoms with Crippen LogP contribution < -0.4 is 0 Å². The number of carbonyl (C=O) groups is 1. The van der Waals surface area contributed by atoms with E-state index in [4.69, 9.17) is 0 Å².